The highest BCUT2D eigenvalue weighted by Crippen LogP contribution is 2.29. The van der Waals surface area contributed by atoms with E-state index in [1.807, 2.05) is 51.1 Å². The zero-order valence-electron chi connectivity index (χ0n) is 19.3. The lowest BCUT2D eigenvalue weighted by atomic mass is 9.98. The summed E-state index contributed by atoms with van der Waals surface area (Å²) in [5.74, 6) is 0.106. The van der Waals surface area contributed by atoms with Gasteiger partial charge in [0.1, 0.15) is 11.6 Å². The number of carbonyl (C=O) groups is 2. The van der Waals surface area contributed by atoms with Gasteiger partial charge >= 0.3 is 5.97 Å². The third-order valence-corrected chi connectivity index (χ3v) is 5.26. The number of nitrogens with zero attached hydrogens (tertiary/aromatic N) is 1. The number of aliphatic carboxylic acids is 1. The van der Waals surface area contributed by atoms with Gasteiger partial charge in [-0.2, -0.15) is 0 Å². The van der Waals surface area contributed by atoms with Gasteiger partial charge in [-0.05, 0) is 48.9 Å². The number of carbonyl (C=O) groups excluding carboxylic acids is 1. The van der Waals surface area contributed by atoms with Crippen LogP contribution in [0.4, 0.5) is 0 Å². The Hall–Kier alpha value is -3.15. The van der Waals surface area contributed by atoms with Gasteiger partial charge in [0.15, 0.2) is 0 Å². The van der Waals surface area contributed by atoms with Crippen LogP contribution in [0.5, 0.6) is 5.75 Å². The van der Waals surface area contributed by atoms with Crippen LogP contribution in [0.25, 0.3) is 11.1 Å². The van der Waals surface area contributed by atoms with Crippen LogP contribution in [0, 0.1) is 5.41 Å². The van der Waals surface area contributed by atoms with Gasteiger partial charge in [-0.15, -0.1) is 0 Å². The molecule has 2 aromatic carbocycles. The molecule has 6 nitrogen and oxygen atoms in total. The third kappa shape index (κ3) is 7.22. The molecule has 0 radical (unpaired) electrons. The van der Waals surface area contributed by atoms with Gasteiger partial charge in [0.2, 0.25) is 5.91 Å². The highest BCUT2D eigenvalue weighted by atomic mass is 16.5. The van der Waals surface area contributed by atoms with Crippen molar-refractivity contribution in [2.75, 3.05) is 13.2 Å². The molecule has 0 unspecified atom stereocenters. The summed E-state index contributed by atoms with van der Waals surface area (Å²) in [7, 11) is 0. The summed E-state index contributed by atoms with van der Waals surface area (Å²) in [5.41, 5.74) is 3.85. The van der Waals surface area contributed by atoms with Gasteiger partial charge in [-0.25, -0.2) is 0 Å². The van der Waals surface area contributed by atoms with Crippen LogP contribution in [0.1, 0.15) is 57.6 Å². The van der Waals surface area contributed by atoms with Crippen LogP contribution >= 0.6 is 0 Å². The van der Waals surface area contributed by atoms with Crippen molar-refractivity contribution in [2.45, 2.75) is 59.3 Å². The van der Waals surface area contributed by atoms with Crippen LogP contribution in [0.2, 0.25) is 0 Å². The largest absolute Gasteiger partial charge is 0.493 e. The van der Waals surface area contributed by atoms with Gasteiger partial charge in [0.05, 0.1) is 13.0 Å². The second kappa shape index (κ2) is 12.6. The topological polar surface area (TPSA) is 90.7 Å². The van der Waals surface area contributed by atoms with Gasteiger partial charge < -0.3 is 14.7 Å². The molecule has 32 heavy (non-hydrogen) atoms. The number of carboxylic acids is 1. The molecule has 172 valence electrons. The number of hydrogen-bond acceptors (Lipinski definition) is 4. The lowest BCUT2D eigenvalue weighted by Crippen LogP contribution is -2.35. The molecule has 0 fully saturated rings. The van der Waals surface area contributed by atoms with Crippen molar-refractivity contribution in [3.8, 4) is 16.9 Å². The van der Waals surface area contributed by atoms with Crippen molar-refractivity contribution in [2.24, 2.45) is 0 Å². The average molecular weight is 439 g/mol. The summed E-state index contributed by atoms with van der Waals surface area (Å²) in [6, 6.07) is 13.9. The maximum absolute atomic E-state index is 11.9. The highest BCUT2D eigenvalue weighted by Gasteiger charge is 2.14. The van der Waals surface area contributed by atoms with Gasteiger partial charge in [0, 0.05) is 24.9 Å². The third-order valence-electron chi connectivity index (χ3n) is 5.26. The molecule has 0 aliphatic carbocycles. The zero-order chi connectivity index (χ0) is 23.5. The predicted molar refractivity (Wildman–Crippen MR) is 127 cm³/mol. The maximum atomic E-state index is 11.9. The number of benzene rings is 2. The Morgan fingerprint density at radius 1 is 1.06 bits per heavy atom. The fraction of sp³-hybridized carbons (Fsp3) is 0.423. The maximum Gasteiger partial charge on any atom is 0.307 e. The number of amidine groups is 1. The summed E-state index contributed by atoms with van der Waals surface area (Å²) < 4.78 is 5.81. The predicted octanol–water partition coefficient (Wildman–Crippen LogP) is 5.33. The molecule has 0 saturated heterocycles. The summed E-state index contributed by atoms with van der Waals surface area (Å²) in [4.78, 5) is 24.7. The van der Waals surface area contributed by atoms with Crippen LogP contribution in [0.15, 0.2) is 42.5 Å². The van der Waals surface area contributed by atoms with Crippen molar-refractivity contribution in [1.82, 2.24) is 4.90 Å². The molecule has 0 saturated carbocycles. The Labute approximate surface area is 190 Å². The number of carboxylic acid groups (broad SMARTS) is 1. The minimum absolute atomic E-state index is 0.00746. The number of amides is 1. The Morgan fingerprint density at radius 2 is 1.81 bits per heavy atom. The first-order valence-electron chi connectivity index (χ1n) is 11.3. The highest BCUT2D eigenvalue weighted by molar-refractivity contribution is 5.96. The quantitative estimate of drug-likeness (QED) is 0.346. The first-order chi connectivity index (χ1) is 15.4. The van der Waals surface area contributed by atoms with Crippen LogP contribution < -0.4 is 4.74 Å². The summed E-state index contributed by atoms with van der Waals surface area (Å²) in [6.45, 7) is 6.79. The Morgan fingerprint density at radius 3 is 2.47 bits per heavy atom. The van der Waals surface area contributed by atoms with E-state index in [-0.39, 0.29) is 12.3 Å². The molecule has 2 aromatic rings. The van der Waals surface area contributed by atoms with Gasteiger partial charge in [0.25, 0.3) is 0 Å². The van der Waals surface area contributed by atoms with E-state index in [1.165, 1.54) is 0 Å². The molecular formula is C26H34N2O4. The molecule has 0 heterocycles. The van der Waals surface area contributed by atoms with E-state index < -0.39 is 5.97 Å². The van der Waals surface area contributed by atoms with Crippen molar-refractivity contribution in [3.05, 3.63) is 53.6 Å². The van der Waals surface area contributed by atoms with Crippen LogP contribution in [-0.2, 0) is 22.4 Å². The Kier molecular flexibility index (Phi) is 9.92. The first-order valence-corrected chi connectivity index (χ1v) is 11.3. The summed E-state index contributed by atoms with van der Waals surface area (Å²) in [6.07, 6.45) is 3.35. The molecule has 0 aromatic heterocycles. The number of rotatable bonds is 12. The van der Waals surface area contributed by atoms with E-state index in [2.05, 4.69) is 12.1 Å². The van der Waals surface area contributed by atoms with Crippen LogP contribution in [-0.4, -0.2) is 40.9 Å². The van der Waals surface area contributed by atoms with Crippen molar-refractivity contribution in [3.63, 3.8) is 0 Å². The zero-order valence-corrected chi connectivity index (χ0v) is 19.3. The molecular weight excluding hydrogens is 404 g/mol. The normalized spacial score (nSPS) is 10.6. The van der Waals surface area contributed by atoms with E-state index in [9.17, 15) is 9.59 Å². The van der Waals surface area contributed by atoms with E-state index in [0.717, 1.165) is 36.0 Å². The molecule has 6 heteroatoms. The molecule has 2 N–H and O–H groups in total. The van der Waals surface area contributed by atoms with Crippen molar-refractivity contribution in [1.29, 1.82) is 5.41 Å². The summed E-state index contributed by atoms with van der Waals surface area (Å²) in [5, 5.41) is 17.4. The second-order valence-corrected chi connectivity index (χ2v) is 7.73. The minimum atomic E-state index is -0.881. The van der Waals surface area contributed by atoms with E-state index in [1.54, 1.807) is 4.90 Å². The van der Waals surface area contributed by atoms with Crippen LogP contribution in [0.3, 0.4) is 0 Å². The Balaban J connectivity index is 2.11. The fourth-order valence-corrected chi connectivity index (χ4v) is 3.60. The summed E-state index contributed by atoms with van der Waals surface area (Å²) >= 11 is 0. The van der Waals surface area contributed by atoms with E-state index >= 15 is 0 Å². The number of aryl methyl sites for hydroxylation is 1. The monoisotopic (exact) mass is 438 g/mol. The molecule has 2 rings (SSSR count). The second-order valence-electron chi connectivity index (χ2n) is 7.73. The number of hydrogen-bond donors (Lipinski definition) is 2. The SMILES string of the molecule is CCCOc1cc(-c2cccc(CCCC(=N)N(CC)C(=O)CC)c2)ccc1CC(=O)O. The van der Waals surface area contributed by atoms with E-state index in [0.29, 0.717) is 43.1 Å². The number of ether oxygens (including phenoxy) is 1. The van der Waals surface area contributed by atoms with Crippen molar-refractivity contribution < 1.29 is 19.4 Å². The van der Waals surface area contributed by atoms with Gasteiger partial charge in [-0.3, -0.25) is 15.0 Å². The number of nitrogens with one attached hydrogen (secondary N) is 1. The molecule has 0 aliphatic heterocycles. The lowest BCUT2D eigenvalue weighted by molar-refractivity contribution is -0.136. The molecule has 1 amide bonds. The molecule has 0 atom stereocenters. The molecule has 0 spiro atoms. The van der Waals surface area contributed by atoms with Crippen molar-refractivity contribution >= 4 is 17.7 Å². The minimum Gasteiger partial charge on any atom is -0.493 e. The first kappa shape index (κ1) is 25.1. The molecule has 0 aliphatic rings. The molecule has 0 bridgehead atoms. The van der Waals surface area contributed by atoms with E-state index in [4.69, 9.17) is 15.3 Å². The fourth-order valence-electron chi connectivity index (χ4n) is 3.60. The Bertz CT molecular complexity index is 939. The average Bonchev–Trinajstić information content (AvgIpc) is 2.78. The smallest absolute Gasteiger partial charge is 0.307 e. The van der Waals surface area contributed by atoms with Gasteiger partial charge in [-0.1, -0.05) is 50.2 Å². The standard InChI is InChI=1S/C26H34N2O4/c1-4-15-32-23-17-21(13-14-22(23)18-26(30)31)20-11-7-9-19(16-20)10-8-12-24(27)28(6-3)25(29)5-2/h7,9,11,13-14,16-17,27H,4-6,8,10,12,15,18H2,1-3H3,(H,30,31). The lowest BCUT2D eigenvalue weighted by Gasteiger charge is -2.21.